The van der Waals surface area contributed by atoms with E-state index in [1.54, 1.807) is 12.1 Å². The van der Waals surface area contributed by atoms with Gasteiger partial charge in [-0.1, -0.05) is 30.3 Å². The van der Waals surface area contributed by atoms with Crippen molar-refractivity contribution in [2.45, 2.75) is 6.04 Å². The zero-order valence-corrected chi connectivity index (χ0v) is 14.2. The van der Waals surface area contributed by atoms with Gasteiger partial charge in [-0.3, -0.25) is 9.89 Å². The summed E-state index contributed by atoms with van der Waals surface area (Å²) in [5, 5.41) is 11.4. The number of amides is 1. The summed E-state index contributed by atoms with van der Waals surface area (Å²) in [5.41, 5.74) is 2.14. The molecule has 0 spiro atoms. The van der Waals surface area contributed by atoms with Gasteiger partial charge in [-0.15, -0.1) is 0 Å². The molecule has 2 aromatic carbocycles. The number of fused-ring (bicyclic) bond motifs is 2. The Morgan fingerprint density at radius 2 is 2.04 bits per heavy atom. The average Bonchev–Trinajstić information content (AvgIpc) is 3.34. The third-order valence-corrected chi connectivity index (χ3v) is 5.69. The number of para-hydroxylation sites is 1. The van der Waals surface area contributed by atoms with E-state index < -0.39 is 0 Å². The van der Waals surface area contributed by atoms with Crippen LogP contribution in [0.3, 0.4) is 0 Å². The van der Waals surface area contributed by atoms with E-state index in [-0.39, 0.29) is 17.8 Å². The lowest BCUT2D eigenvalue weighted by Crippen LogP contribution is -2.35. The average molecular weight is 350 g/mol. The molecule has 2 fully saturated rings. The van der Waals surface area contributed by atoms with E-state index in [0.717, 1.165) is 29.6 Å². The molecule has 2 aliphatic heterocycles. The van der Waals surface area contributed by atoms with E-state index in [0.29, 0.717) is 24.1 Å². The molecule has 0 saturated carbocycles. The number of benzene rings is 2. The minimum absolute atomic E-state index is 0.0916. The van der Waals surface area contributed by atoms with Gasteiger partial charge in [0.1, 0.15) is 5.82 Å². The molecule has 0 aliphatic carbocycles. The maximum Gasteiger partial charge on any atom is 0.275 e. The van der Waals surface area contributed by atoms with Crippen molar-refractivity contribution in [3.63, 3.8) is 0 Å². The second kappa shape index (κ2) is 5.92. The zero-order chi connectivity index (χ0) is 17.7. The van der Waals surface area contributed by atoms with Crippen molar-refractivity contribution in [3.8, 4) is 0 Å². The Kier molecular flexibility index (Phi) is 3.53. The molecule has 6 heteroatoms. The summed E-state index contributed by atoms with van der Waals surface area (Å²) in [4.78, 5) is 15.2. The fraction of sp³-hybridized carbons (Fsp3) is 0.300. The van der Waals surface area contributed by atoms with Crippen LogP contribution in [0.4, 0.5) is 4.39 Å². The number of nitrogens with zero attached hydrogens (tertiary/aromatic N) is 2. The first-order valence-corrected chi connectivity index (χ1v) is 8.92. The number of hydrogen-bond acceptors (Lipinski definition) is 3. The predicted octanol–water partition coefficient (Wildman–Crippen LogP) is 2.73. The number of carbonyl (C=O) groups is 1. The molecular formula is C20H19FN4O. The van der Waals surface area contributed by atoms with Crippen LogP contribution >= 0.6 is 0 Å². The second-order valence-electron chi connectivity index (χ2n) is 7.16. The first-order chi connectivity index (χ1) is 12.7. The van der Waals surface area contributed by atoms with Crippen LogP contribution in [0, 0.1) is 17.7 Å². The fourth-order valence-corrected chi connectivity index (χ4v) is 4.51. The van der Waals surface area contributed by atoms with Gasteiger partial charge in [-0.25, -0.2) is 4.39 Å². The zero-order valence-electron chi connectivity index (χ0n) is 14.2. The number of rotatable bonds is 2. The lowest BCUT2D eigenvalue weighted by atomic mass is 9.89. The van der Waals surface area contributed by atoms with Crippen molar-refractivity contribution in [2.75, 3.05) is 19.6 Å². The number of likely N-dealkylation sites (tertiary alicyclic amines) is 1. The van der Waals surface area contributed by atoms with Crippen LogP contribution in [-0.2, 0) is 0 Å². The summed E-state index contributed by atoms with van der Waals surface area (Å²) in [5.74, 6) is 0.323. The summed E-state index contributed by atoms with van der Waals surface area (Å²) >= 11 is 0. The normalized spacial score (nSPS) is 25.0. The lowest BCUT2D eigenvalue weighted by Gasteiger charge is -2.28. The molecule has 3 aromatic rings. The molecule has 5 nitrogen and oxygen atoms in total. The number of aromatic amines is 1. The van der Waals surface area contributed by atoms with Crippen molar-refractivity contribution < 1.29 is 9.18 Å². The molecule has 0 unspecified atom stereocenters. The smallest absolute Gasteiger partial charge is 0.275 e. The van der Waals surface area contributed by atoms with Crippen LogP contribution < -0.4 is 5.32 Å². The Balaban J connectivity index is 1.57. The Bertz CT molecular complexity index is 985. The number of halogens is 1. The summed E-state index contributed by atoms with van der Waals surface area (Å²) in [6.07, 6.45) is 0. The quantitative estimate of drug-likeness (QED) is 0.747. The molecule has 2 N–H and O–H groups in total. The van der Waals surface area contributed by atoms with Crippen LogP contribution in [-0.4, -0.2) is 40.6 Å². The van der Waals surface area contributed by atoms with Crippen molar-refractivity contribution in [2.24, 2.45) is 11.8 Å². The first-order valence-electron chi connectivity index (χ1n) is 8.92. The van der Waals surface area contributed by atoms with Gasteiger partial charge < -0.3 is 10.2 Å². The van der Waals surface area contributed by atoms with Gasteiger partial charge in [0.25, 0.3) is 5.91 Å². The first kappa shape index (κ1) is 15.5. The van der Waals surface area contributed by atoms with Gasteiger partial charge in [0, 0.05) is 30.9 Å². The lowest BCUT2D eigenvalue weighted by molar-refractivity contribution is 0.0709. The minimum atomic E-state index is -0.269. The van der Waals surface area contributed by atoms with Crippen molar-refractivity contribution in [1.82, 2.24) is 20.4 Å². The number of H-pyrrole nitrogens is 1. The van der Waals surface area contributed by atoms with E-state index in [1.165, 1.54) is 6.07 Å². The van der Waals surface area contributed by atoms with Gasteiger partial charge >= 0.3 is 0 Å². The van der Waals surface area contributed by atoms with E-state index in [9.17, 15) is 9.18 Å². The molecule has 0 bridgehead atoms. The fourth-order valence-electron chi connectivity index (χ4n) is 4.51. The summed E-state index contributed by atoms with van der Waals surface area (Å²) < 4.78 is 13.8. The van der Waals surface area contributed by atoms with E-state index in [1.807, 2.05) is 35.2 Å². The van der Waals surface area contributed by atoms with Crippen LogP contribution in [0.2, 0.25) is 0 Å². The third kappa shape index (κ3) is 2.33. The summed E-state index contributed by atoms with van der Waals surface area (Å²) in [6, 6.07) is 14.1. The third-order valence-electron chi connectivity index (χ3n) is 5.69. The van der Waals surface area contributed by atoms with E-state index in [2.05, 4.69) is 15.5 Å². The Morgan fingerprint density at radius 1 is 1.15 bits per heavy atom. The molecule has 2 aliphatic rings. The van der Waals surface area contributed by atoms with Gasteiger partial charge in [0.15, 0.2) is 5.69 Å². The Hall–Kier alpha value is -2.73. The van der Waals surface area contributed by atoms with Crippen molar-refractivity contribution in [3.05, 3.63) is 65.6 Å². The van der Waals surface area contributed by atoms with E-state index in [4.69, 9.17) is 0 Å². The highest BCUT2D eigenvalue weighted by Gasteiger charge is 2.47. The van der Waals surface area contributed by atoms with Crippen molar-refractivity contribution >= 4 is 16.8 Å². The SMILES string of the molecule is O=C(c1n[nH]c2ccccc12)N1C[C@@H]2CNC[C@@H]2[C@@H]1c1cccc(F)c1. The van der Waals surface area contributed by atoms with Crippen LogP contribution in [0.5, 0.6) is 0 Å². The Labute approximate surface area is 150 Å². The molecule has 5 rings (SSSR count). The van der Waals surface area contributed by atoms with Crippen LogP contribution in [0.1, 0.15) is 22.1 Å². The molecular weight excluding hydrogens is 331 g/mol. The standard InChI is InChI=1S/C20H19FN4O/c21-14-5-3-4-12(8-14)19-16-10-22-9-13(16)11-25(19)20(26)18-15-6-1-2-7-17(15)23-24-18/h1-8,13,16,19,22H,9-11H2,(H,23,24)/t13-,16-,19-/m0/s1. The molecule has 26 heavy (non-hydrogen) atoms. The molecule has 2 saturated heterocycles. The van der Waals surface area contributed by atoms with Gasteiger partial charge in [0.2, 0.25) is 0 Å². The molecule has 0 radical (unpaired) electrons. The van der Waals surface area contributed by atoms with Gasteiger partial charge in [0.05, 0.1) is 11.6 Å². The highest BCUT2D eigenvalue weighted by molar-refractivity contribution is 6.04. The number of aromatic nitrogens is 2. The molecule has 1 aromatic heterocycles. The summed E-state index contributed by atoms with van der Waals surface area (Å²) in [6.45, 7) is 2.40. The van der Waals surface area contributed by atoms with Crippen molar-refractivity contribution in [1.29, 1.82) is 0 Å². The Morgan fingerprint density at radius 3 is 2.92 bits per heavy atom. The molecule has 1 amide bonds. The van der Waals surface area contributed by atoms with E-state index >= 15 is 0 Å². The van der Waals surface area contributed by atoms with Gasteiger partial charge in [-0.2, -0.15) is 5.10 Å². The summed E-state index contributed by atoms with van der Waals surface area (Å²) in [7, 11) is 0. The molecule has 3 atom stereocenters. The molecule has 3 heterocycles. The highest BCUT2D eigenvalue weighted by Crippen LogP contribution is 2.43. The second-order valence-corrected chi connectivity index (χ2v) is 7.16. The van der Waals surface area contributed by atoms with Gasteiger partial charge in [-0.05, 0) is 29.7 Å². The number of carbonyl (C=O) groups excluding carboxylic acids is 1. The largest absolute Gasteiger partial charge is 0.330 e. The molecule has 132 valence electrons. The predicted molar refractivity (Wildman–Crippen MR) is 96.1 cm³/mol. The van der Waals surface area contributed by atoms with Crippen LogP contribution in [0.15, 0.2) is 48.5 Å². The van der Waals surface area contributed by atoms with Crippen LogP contribution in [0.25, 0.3) is 10.9 Å². The minimum Gasteiger partial charge on any atom is -0.330 e. The topological polar surface area (TPSA) is 61.0 Å². The number of hydrogen-bond donors (Lipinski definition) is 2. The monoisotopic (exact) mass is 350 g/mol. The maximum atomic E-state index is 13.8. The number of nitrogens with one attached hydrogen (secondary N) is 2. The highest BCUT2D eigenvalue weighted by atomic mass is 19.1. The maximum absolute atomic E-state index is 13.8.